The molecule has 0 saturated carbocycles. The van der Waals surface area contributed by atoms with E-state index in [-0.39, 0.29) is 11.9 Å². The van der Waals surface area contributed by atoms with Gasteiger partial charge in [0, 0.05) is 6.04 Å². The summed E-state index contributed by atoms with van der Waals surface area (Å²) in [6.45, 7) is 3.43. The summed E-state index contributed by atoms with van der Waals surface area (Å²) < 4.78 is 28.2. The Morgan fingerprint density at radius 3 is 2.22 bits per heavy atom. The van der Waals surface area contributed by atoms with Gasteiger partial charge in [-0.15, -0.1) is 0 Å². The lowest BCUT2D eigenvalue weighted by atomic mass is 10.1. The van der Waals surface area contributed by atoms with Gasteiger partial charge in [0.25, 0.3) is 10.2 Å². The van der Waals surface area contributed by atoms with Crippen LogP contribution in [0.5, 0.6) is 0 Å². The van der Waals surface area contributed by atoms with Crippen molar-refractivity contribution in [2.24, 2.45) is 5.73 Å². The van der Waals surface area contributed by atoms with E-state index < -0.39 is 16.3 Å². The molecule has 0 aliphatic rings. The third-order valence-electron chi connectivity index (χ3n) is 2.11. The van der Waals surface area contributed by atoms with E-state index in [1.54, 1.807) is 38.1 Å². The minimum Gasteiger partial charge on any atom is -0.386 e. The first kappa shape index (κ1) is 14.6. The lowest BCUT2D eigenvalue weighted by Gasteiger charge is -2.19. The molecule has 0 saturated heterocycles. The predicted molar refractivity (Wildman–Crippen MR) is 71.4 cm³/mol. The molecule has 1 rings (SSSR count). The lowest BCUT2D eigenvalue weighted by molar-refractivity contribution is 0.550. The number of hydrogen-bond acceptors (Lipinski definition) is 3. The van der Waals surface area contributed by atoms with E-state index in [9.17, 15) is 8.42 Å². The highest BCUT2D eigenvalue weighted by molar-refractivity contribution is 7.87. The smallest absolute Gasteiger partial charge is 0.278 e. The Labute approximate surface area is 107 Å². The molecule has 1 aromatic carbocycles. The number of nitrogens with two attached hydrogens (primary N) is 1. The standard InChI is InChI=1S/C11H18N4O2S/c1-8(2)14-18(16,17)15-10(11(12)13)9-6-4-3-5-7-9/h3-8,10,14-15H,1-2H3,(H3,12,13). The maximum atomic E-state index is 11.8. The molecule has 0 aliphatic heterocycles. The molecule has 0 radical (unpaired) electrons. The third-order valence-corrected chi connectivity index (χ3v) is 3.44. The molecule has 0 aromatic heterocycles. The highest BCUT2D eigenvalue weighted by Gasteiger charge is 2.22. The van der Waals surface area contributed by atoms with Crippen molar-refractivity contribution >= 4 is 16.0 Å². The van der Waals surface area contributed by atoms with Gasteiger partial charge in [0.2, 0.25) is 0 Å². The van der Waals surface area contributed by atoms with Crippen LogP contribution >= 0.6 is 0 Å². The molecule has 1 atom stereocenters. The number of benzene rings is 1. The molecule has 18 heavy (non-hydrogen) atoms. The molecular weight excluding hydrogens is 252 g/mol. The molecule has 7 heteroatoms. The Bertz CT molecular complexity index is 499. The molecule has 5 N–H and O–H groups in total. The van der Waals surface area contributed by atoms with Gasteiger partial charge in [-0.05, 0) is 19.4 Å². The van der Waals surface area contributed by atoms with Crippen molar-refractivity contribution in [1.82, 2.24) is 9.44 Å². The average molecular weight is 270 g/mol. The molecule has 0 heterocycles. The second kappa shape index (κ2) is 5.94. The zero-order valence-electron chi connectivity index (χ0n) is 10.3. The monoisotopic (exact) mass is 270 g/mol. The summed E-state index contributed by atoms with van der Waals surface area (Å²) >= 11 is 0. The minimum absolute atomic E-state index is 0.231. The van der Waals surface area contributed by atoms with E-state index in [0.29, 0.717) is 5.56 Å². The van der Waals surface area contributed by atoms with Gasteiger partial charge in [0.05, 0.1) is 0 Å². The van der Waals surface area contributed by atoms with Crippen molar-refractivity contribution < 1.29 is 8.42 Å². The molecule has 0 spiro atoms. The SMILES string of the molecule is CC(C)NS(=O)(=O)NC(C(=N)N)c1ccccc1. The Hall–Kier alpha value is -1.44. The van der Waals surface area contributed by atoms with E-state index in [0.717, 1.165) is 0 Å². The fraction of sp³-hybridized carbons (Fsp3) is 0.364. The van der Waals surface area contributed by atoms with Gasteiger partial charge >= 0.3 is 0 Å². The molecule has 0 fully saturated rings. The number of nitrogens with one attached hydrogen (secondary N) is 3. The van der Waals surface area contributed by atoms with Crippen LogP contribution in [0.4, 0.5) is 0 Å². The maximum absolute atomic E-state index is 11.8. The second-order valence-corrected chi connectivity index (χ2v) is 5.67. The first-order chi connectivity index (χ1) is 8.32. The van der Waals surface area contributed by atoms with E-state index in [1.165, 1.54) is 0 Å². The van der Waals surface area contributed by atoms with Gasteiger partial charge in [0.15, 0.2) is 0 Å². The summed E-state index contributed by atoms with van der Waals surface area (Å²) in [7, 11) is -3.69. The topological polar surface area (TPSA) is 108 Å². The average Bonchev–Trinajstić information content (AvgIpc) is 2.25. The minimum atomic E-state index is -3.69. The third kappa shape index (κ3) is 4.44. The Morgan fingerprint density at radius 1 is 1.22 bits per heavy atom. The van der Waals surface area contributed by atoms with Crippen LogP contribution in [0.1, 0.15) is 25.5 Å². The fourth-order valence-electron chi connectivity index (χ4n) is 1.46. The van der Waals surface area contributed by atoms with Gasteiger partial charge in [-0.3, -0.25) is 5.41 Å². The number of amidine groups is 1. The number of rotatable bonds is 6. The van der Waals surface area contributed by atoms with Crippen LogP contribution in [0.3, 0.4) is 0 Å². The summed E-state index contributed by atoms with van der Waals surface area (Å²) in [6.07, 6.45) is 0. The Kier molecular flexibility index (Phi) is 4.83. The highest BCUT2D eigenvalue weighted by Crippen LogP contribution is 2.12. The van der Waals surface area contributed by atoms with E-state index in [2.05, 4.69) is 9.44 Å². The molecule has 1 unspecified atom stereocenters. The van der Waals surface area contributed by atoms with Crippen LogP contribution in [0.15, 0.2) is 30.3 Å². The summed E-state index contributed by atoms with van der Waals surface area (Å²) in [5.41, 5.74) is 6.06. The predicted octanol–water partition coefficient (Wildman–Crippen LogP) is 0.496. The van der Waals surface area contributed by atoms with Crippen LogP contribution < -0.4 is 15.2 Å². The van der Waals surface area contributed by atoms with Gasteiger partial charge in [-0.25, -0.2) is 0 Å². The van der Waals surface area contributed by atoms with Gasteiger partial charge < -0.3 is 5.73 Å². The van der Waals surface area contributed by atoms with Crippen LogP contribution in [0, 0.1) is 5.41 Å². The number of hydrogen-bond donors (Lipinski definition) is 4. The van der Waals surface area contributed by atoms with Crippen molar-refractivity contribution in [2.45, 2.75) is 25.9 Å². The lowest BCUT2D eigenvalue weighted by Crippen LogP contribution is -2.45. The summed E-state index contributed by atoms with van der Waals surface area (Å²) in [5.74, 6) is -0.254. The highest BCUT2D eigenvalue weighted by atomic mass is 32.2. The second-order valence-electron chi connectivity index (χ2n) is 4.19. The van der Waals surface area contributed by atoms with Crippen LogP contribution in [0.2, 0.25) is 0 Å². The first-order valence-electron chi connectivity index (χ1n) is 5.50. The van der Waals surface area contributed by atoms with Crippen LogP contribution in [-0.2, 0) is 10.2 Å². The van der Waals surface area contributed by atoms with Gasteiger partial charge in [-0.2, -0.15) is 17.9 Å². The Morgan fingerprint density at radius 2 is 1.78 bits per heavy atom. The van der Waals surface area contributed by atoms with Crippen molar-refractivity contribution in [3.8, 4) is 0 Å². The van der Waals surface area contributed by atoms with E-state index in [4.69, 9.17) is 11.1 Å². The molecule has 6 nitrogen and oxygen atoms in total. The molecule has 0 bridgehead atoms. The molecular formula is C11H18N4O2S. The first-order valence-corrected chi connectivity index (χ1v) is 6.98. The van der Waals surface area contributed by atoms with Crippen LogP contribution in [0.25, 0.3) is 0 Å². The van der Waals surface area contributed by atoms with E-state index >= 15 is 0 Å². The van der Waals surface area contributed by atoms with Crippen molar-refractivity contribution in [3.63, 3.8) is 0 Å². The molecule has 0 amide bonds. The normalized spacial score (nSPS) is 13.5. The van der Waals surface area contributed by atoms with Gasteiger partial charge in [0.1, 0.15) is 11.9 Å². The fourth-order valence-corrected chi connectivity index (χ4v) is 2.72. The van der Waals surface area contributed by atoms with Crippen molar-refractivity contribution in [2.75, 3.05) is 0 Å². The maximum Gasteiger partial charge on any atom is 0.278 e. The van der Waals surface area contributed by atoms with Crippen molar-refractivity contribution in [3.05, 3.63) is 35.9 Å². The quantitative estimate of drug-likeness (QED) is 0.446. The zero-order valence-corrected chi connectivity index (χ0v) is 11.2. The van der Waals surface area contributed by atoms with Crippen LogP contribution in [-0.4, -0.2) is 20.3 Å². The van der Waals surface area contributed by atoms with Crippen molar-refractivity contribution in [1.29, 1.82) is 5.41 Å². The van der Waals surface area contributed by atoms with Gasteiger partial charge in [-0.1, -0.05) is 30.3 Å². The summed E-state index contributed by atoms with van der Waals surface area (Å²) in [5, 5.41) is 7.47. The summed E-state index contributed by atoms with van der Waals surface area (Å²) in [6, 6.07) is 7.66. The summed E-state index contributed by atoms with van der Waals surface area (Å²) in [4.78, 5) is 0. The molecule has 100 valence electrons. The zero-order chi connectivity index (χ0) is 13.8. The molecule has 1 aromatic rings. The molecule has 0 aliphatic carbocycles. The Balaban J connectivity index is 2.93. The largest absolute Gasteiger partial charge is 0.386 e. The van der Waals surface area contributed by atoms with E-state index in [1.807, 2.05) is 6.07 Å².